The smallest absolute Gasteiger partial charge is 0.0626 e. The topological polar surface area (TPSA) is 73.7 Å². The normalized spacial score (nSPS) is 12.6. The predicted molar refractivity (Wildman–Crippen MR) is 71.0 cm³/mol. The van der Waals surface area contributed by atoms with Gasteiger partial charge in [-0.2, -0.15) is 0 Å². The van der Waals surface area contributed by atoms with E-state index in [1.807, 2.05) is 6.92 Å². The van der Waals surface area contributed by atoms with Crippen LogP contribution in [-0.2, 0) is 0 Å². The number of hydrogen-bond acceptors (Lipinski definition) is 3. The van der Waals surface area contributed by atoms with Crippen LogP contribution in [0.15, 0.2) is 60.4 Å². The third kappa shape index (κ3) is 4.37. The quantitative estimate of drug-likeness (QED) is 0.462. The van der Waals surface area contributed by atoms with Crippen molar-refractivity contribution < 1.29 is 0 Å². The van der Waals surface area contributed by atoms with Gasteiger partial charge in [0, 0.05) is 17.5 Å². The molecule has 0 aliphatic carbocycles. The monoisotopic (exact) mass is 215 g/mol. The van der Waals surface area contributed by atoms with Crippen LogP contribution in [0.5, 0.6) is 0 Å². The third-order valence-corrected chi connectivity index (χ3v) is 1.80. The minimum Gasteiger partial charge on any atom is -0.398 e. The molecule has 0 aromatic carbocycles. The van der Waals surface area contributed by atoms with Crippen molar-refractivity contribution in [2.45, 2.75) is 6.92 Å². The van der Waals surface area contributed by atoms with Gasteiger partial charge in [-0.15, -0.1) is 0 Å². The number of allylic oxidation sites excluding steroid dienone is 7. The fraction of sp³-hybridized carbons (Fsp3) is 0.0769. The van der Waals surface area contributed by atoms with Crippen LogP contribution >= 0.6 is 0 Å². The fourth-order valence-corrected chi connectivity index (χ4v) is 0.977. The molecule has 0 aromatic heterocycles. The molecule has 0 spiro atoms. The molecule has 0 amide bonds. The molecule has 0 saturated heterocycles. The summed E-state index contributed by atoms with van der Waals surface area (Å²) in [5, 5.41) is 14.9. The van der Waals surface area contributed by atoms with Gasteiger partial charge >= 0.3 is 0 Å². The van der Waals surface area contributed by atoms with E-state index < -0.39 is 0 Å². The fourth-order valence-electron chi connectivity index (χ4n) is 0.977. The van der Waals surface area contributed by atoms with Crippen LogP contribution < -0.4 is 5.73 Å². The number of rotatable bonds is 6. The van der Waals surface area contributed by atoms with Crippen LogP contribution in [0.3, 0.4) is 0 Å². The molecule has 0 radical (unpaired) electrons. The molecule has 84 valence electrons. The van der Waals surface area contributed by atoms with Crippen molar-refractivity contribution in [1.29, 1.82) is 10.8 Å². The Hall–Kier alpha value is -2.16. The highest BCUT2D eigenvalue weighted by molar-refractivity contribution is 6.09. The van der Waals surface area contributed by atoms with Gasteiger partial charge in [-0.1, -0.05) is 37.5 Å². The molecule has 3 heteroatoms. The molecule has 0 bridgehead atoms. The maximum absolute atomic E-state index is 7.69. The molecule has 0 heterocycles. The second-order valence-corrected chi connectivity index (χ2v) is 3.04. The molecule has 0 aliphatic heterocycles. The van der Waals surface area contributed by atoms with Gasteiger partial charge in [0.25, 0.3) is 0 Å². The van der Waals surface area contributed by atoms with Crippen LogP contribution in [0, 0.1) is 10.8 Å². The third-order valence-electron chi connectivity index (χ3n) is 1.80. The standard InChI is InChI=1S/C13H17N3/c1-4-6-10(3)12(15)8-13(16)11(9-14)7-5-2/h4-9,14-15H,2-3,16H2,1H3/b6-4-,11-7+,13-8-,14-9?,15-12?. The van der Waals surface area contributed by atoms with Crippen LogP contribution in [0.25, 0.3) is 0 Å². The van der Waals surface area contributed by atoms with Gasteiger partial charge in [0.1, 0.15) is 0 Å². The second kappa shape index (κ2) is 7.17. The molecular formula is C13H17N3. The van der Waals surface area contributed by atoms with Crippen LogP contribution in [0.1, 0.15) is 6.92 Å². The number of nitrogens with one attached hydrogen (secondary N) is 2. The van der Waals surface area contributed by atoms with Gasteiger partial charge in [0.05, 0.1) is 5.71 Å². The molecule has 0 aromatic rings. The molecule has 16 heavy (non-hydrogen) atoms. The van der Waals surface area contributed by atoms with Gasteiger partial charge in [0.15, 0.2) is 0 Å². The Bertz CT molecular complexity index is 395. The Morgan fingerprint density at radius 3 is 2.44 bits per heavy atom. The van der Waals surface area contributed by atoms with Crippen molar-refractivity contribution >= 4 is 11.9 Å². The Balaban J connectivity index is 4.97. The lowest BCUT2D eigenvalue weighted by molar-refractivity contribution is 1.37. The van der Waals surface area contributed by atoms with E-state index >= 15 is 0 Å². The molecule has 0 unspecified atom stereocenters. The van der Waals surface area contributed by atoms with E-state index in [9.17, 15) is 0 Å². The molecule has 0 saturated carbocycles. The summed E-state index contributed by atoms with van der Waals surface area (Å²) < 4.78 is 0. The summed E-state index contributed by atoms with van der Waals surface area (Å²) in [5.41, 5.74) is 7.42. The zero-order chi connectivity index (χ0) is 12.6. The molecule has 0 rings (SSSR count). The minimum absolute atomic E-state index is 0.229. The van der Waals surface area contributed by atoms with E-state index in [0.29, 0.717) is 16.8 Å². The highest BCUT2D eigenvalue weighted by Crippen LogP contribution is 2.05. The highest BCUT2D eigenvalue weighted by Gasteiger charge is 2.00. The molecular weight excluding hydrogens is 198 g/mol. The highest BCUT2D eigenvalue weighted by atomic mass is 14.6. The number of hydrogen-bond donors (Lipinski definition) is 3. The predicted octanol–water partition coefficient (Wildman–Crippen LogP) is 2.74. The first-order valence-electron chi connectivity index (χ1n) is 4.78. The Morgan fingerprint density at radius 2 is 2.00 bits per heavy atom. The summed E-state index contributed by atoms with van der Waals surface area (Å²) in [6.45, 7) is 9.10. The van der Waals surface area contributed by atoms with E-state index in [2.05, 4.69) is 13.2 Å². The summed E-state index contributed by atoms with van der Waals surface area (Å²) >= 11 is 0. The summed E-state index contributed by atoms with van der Waals surface area (Å²) in [6, 6.07) is 0. The van der Waals surface area contributed by atoms with E-state index in [1.165, 1.54) is 6.08 Å². The second-order valence-electron chi connectivity index (χ2n) is 3.04. The van der Waals surface area contributed by atoms with E-state index in [1.54, 1.807) is 24.3 Å². The molecule has 4 N–H and O–H groups in total. The van der Waals surface area contributed by atoms with Gasteiger partial charge in [-0.3, -0.25) is 0 Å². The summed E-state index contributed by atoms with van der Waals surface area (Å²) in [7, 11) is 0. The SMILES string of the molecule is C=C/C=C(C=N)/C(N)=C/C(=N)C(=C)/C=C\C. The molecule has 0 aliphatic rings. The van der Waals surface area contributed by atoms with Crippen LogP contribution in [0.2, 0.25) is 0 Å². The van der Waals surface area contributed by atoms with Gasteiger partial charge in [0.2, 0.25) is 0 Å². The van der Waals surface area contributed by atoms with E-state index in [-0.39, 0.29) is 5.71 Å². The van der Waals surface area contributed by atoms with Crippen LogP contribution in [0.4, 0.5) is 0 Å². The summed E-state index contributed by atoms with van der Waals surface area (Å²) in [6.07, 6.45) is 9.29. The van der Waals surface area contributed by atoms with E-state index in [4.69, 9.17) is 16.6 Å². The lowest BCUT2D eigenvalue weighted by atomic mass is 10.1. The Labute approximate surface area is 96.4 Å². The van der Waals surface area contributed by atoms with Crippen molar-refractivity contribution in [3.63, 3.8) is 0 Å². The largest absolute Gasteiger partial charge is 0.398 e. The van der Waals surface area contributed by atoms with Gasteiger partial charge in [-0.25, -0.2) is 0 Å². The van der Waals surface area contributed by atoms with Gasteiger partial charge < -0.3 is 16.6 Å². The average molecular weight is 215 g/mol. The average Bonchev–Trinajstić information content (AvgIpc) is 2.25. The van der Waals surface area contributed by atoms with Crippen molar-refractivity contribution in [1.82, 2.24) is 0 Å². The Kier molecular flexibility index (Phi) is 6.21. The summed E-state index contributed by atoms with van der Waals surface area (Å²) in [5.74, 6) is 0. The van der Waals surface area contributed by atoms with Crippen molar-refractivity contribution in [2.75, 3.05) is 0 Å². The van der Waals surface area contributed by atoms with Crippen molar-refractivity contribution in [3.05, 3.63) is 60.4 Å². The summed E-state index contributed by atoms with van der Waals surface area (Å²) in [4.78, 5) is 0. The maximum atomic E-state index is 7.69. The van der Waals surface area contributed by atoms with Crippen molar-refractivity contribution in [3.8, 4) is 0 Å². The first-order chi connectivity index (χ1) is 7.56. The lowest BCUT2D eigenvalue weighted by Crippen LogP contribution is -2.06. The molecule has 0 fully saturated rings. The number of nitrogens with two attached hydrogens (primary N) is 1. The first kappa shape index (κ1) is 13.8. The van der Waals surface area contributed by atoms with Gasteiger partial charge in [-0.05, 0) is 18.6 Å². The van der Waals surface area contributed by atoms with Crippen molar-refractivity contribution in [2.24, 2.45) is 5.73 Å². The van der Waals surface area contributed by atoms with E-state index in [0.717, 1.165) is 6.21 Å². The Morgan fingerprint density at radius 1 is 1.38 bits per heavy atom. The van der Waals surface area contributed by atoms with Crippen LogP contribution in [-0.4, -0.2) is 11.9 Å². The molecule has 0 atom stereocenters. The first-order valence-corrected chi connectivity index (χ1v) is 4.78. The zero-order valence-corrected chi connectivity index (χ0v) is 9.46. The maximum Gasteiger partial charge on any atom is 0.0626 e. The molecule has 3 nitrogen and oxygen atoms in total. The zero-order valence-electron chi connectivity index (χ0n) is 9.46. The minimum atomic E-state index is 0.229. The lowest BCUT2D eigenvalue weighted by Gasteiger charge is -2.02.